The van der Waals surface area contributed by atoms with Gasteiger partial charge in [0.15, 0.2) is 11.5 Å². The Morgan fingerprint density at radius 2 is 1.60 bits per heavy atom. The summed E-state index contributed by atoms with van der Waals surface area (Å²) in [6.07, 6.45) is 12.1. The minimum Gasteiger partial charge on any atom is -0.462 e. The summed E-state index contributed by atoms with van der Waals surface area (Å²) in [6.45, 7) is 10.7. The predicted molar refractivity (Wildman–Crippen MR) is 192 cm³/mol. The molecule has 4 rings (SSSR count). The molecule has 254 valence electrons. The first-order chi connectivity index (χ1) is 22.4. The van der Waals surface area contributed by atoms with Crippen LogP contribution in [0.4, 0.5) is 16.2 Å². The number of unbranched alkanes of at least 4 members (excludes halogenated alkanes) is 9. The molecule has 0 saturated carbocycles. The van der Waals surface area contributed by atoms with Crippen LogP contribution in [0.1, 0.15) is 114 Å². The van der Waals surface area contributed by atoms with Crippen molar-refractivity contribution in [2.45, 2.75) is 104 Å². The van der Waals surface area contributed by atoms with Gasteiger partial charge >= 0.3 is 12.0 Å². The molecule has 0 saturated heterocycles. The van der Waals surface area contributed by atoms with Crippen molar-refractivity contribution in [3.8, 4) is 11.4 Å². The van der Waals surface area contributed by atoms with Crippen molar-refractivity contribution < 1.29 is 14.3 Å². The number of hydrogen-bond donors (Lipinski definition) is 2. The third-order valence-corrected chi connectivity index (χ3v) is 8.94. The molecule has 9 nitrogen and oxygen atoms in total. The number of nitrogens with one attached hydrogen (secondary N) is 2. The van der Waals surface area contributed by atoms with Gasteiger partial charge in [0.2, 0.25) is 0 Å². The van der Waals surface area contributed by atoms with E-state index in [1.165, 1.54) is 54.5 Å². The lowest BCUT2D eigenvalue weighted by Gasteiger charge is -2.20. The highest BCUT2D eigenvalue weighted by molar-refractivity contribution is 6.34. The fraction of sp³-hybridized carbons (Fsp3) is 0.500. The second-order valence-corrected chi connectivity index (χ2v) is 14.0. The number of fused-ring (bicyclic) bond motifs is 1. The van der Waals surface area contributed by atoms with Gasteiger partial charge in [0, 0.05) is 23.7 Å². The van der Waals surface area contributed by atoms with Gasteiger partial charge < -0.3 is 15.0 Å². The number of aromatic nitrogens is 4. The molecule has 0 fully saturated rings. The quantitative estimate of drug-likeness (QED) is 0.0959. The van der Waals surface area contributed by atoms with Crippen molar-refractivity contribution in [3.63, 3.8) is 0 Å². The van der Waals surface area contributed by atoms with Crippen molar-refractivity contribution >= 4 is 52.2 Å². The molecule has 2 heterocycles. The third-order valence-electron chi connectivity index (χ3n) is 8.26. The van der Waals surface area contributed by atoms with Crippen LogP contribution < -0.4 is 10.2 Å². The van der Waals surface area contributed by atoms with E-state index in [0.717, 1.165) is 36.1 Å². The fourth-order valence-electron chi connectivity index (χ4n) is 5.46. The first-order valence-corrected chi connectivity index (χ1v) is 17.4. The van der Waals surface area contributed by atoms with E-state index >= 15 is 0 Å². The Labute approximate surface area is 288 Å². The first-order valence-electron chi connectivity index (χ1n) is 16.7. The number of aryl methyl sites for hydroxylation is 1. The summed E-state index contributed by atoms with van der Waals surface area (Å²) in [5.41, 5.74) is 4.27. The van der Waals surface area contributed by atoms with Gasteiger partial charge in [-0.1, -0.05) is 109 Å². The standard InChI is InChI=1S/C36H48Cl2N6O3/c1-7-8-9-10-11-12-13-14-15-16-21-47-34(45)25-17-20-28(37)29(23-25)43(6)35(46)39-26-18-19-27(24(2)22-26)32-40-33-30(38)31(36(3,4)5)41-44(33)42-32/h17-20,22-23H,7-16,21H2,1-6H3,(H,39,46)(H,40,42). The van der Waals surface area contributed by atoms with Gasteiger partial charge in [0.05, 0.1) is 28.6 Å². The van der Waals surface area contributed by atoms with Crippen LogP contribution >= 0.6 is 23.2 Å². The molecule has 0 atom stereocenters. The third kappa shape index (κ3) is 9.51. The van der Waals surface area contributed by atoms with Crippen molar-refractivity contribution in [1.82, 2.24) is 19.8 Å². The Bertz CT molecular complexity index is 1670. The van der Waals surface area contributed by atoms with Crippen LogP contribution in [0.5, 0.6) is 0 Å². The number of nitrogens with zero attached hydrogens (tertiary/aromatic N) is 4. The van der Waals surface area contributed by atoms with Crippen LogP contribution in [0, 0.1) is 6.92 Å². The van der Waals surface area contributed by atoms with Gasteiger partial charge in [-0.05, 0) is 55.3 Å². The molecule has 0 spiro atoms. The molecule has 2 aromatic carbocycles. The van der Waals surface area contributed by atoms with E-state index in [-0.39, 0.29) is 5.41 Å². The number of amides is 2. The highest BCUT2D eigenvalue weighted by Gasteiger charge is 2.25. The number of aromatic amines is 1. The van der Waals surface area contributed by atoms with Gasteiger partial charge in [-0.2, -0.15) is 5.10 Å². The van der Waals surface area contributed by atoms with E-state index in [0.29, 0.717) is 45.1 Å². The summed E-state index contributed by atoms with van der Waals surface area (Å²) in [7, 11) is 1.60. The topological polar surface area (TPSA) is 105 Å². The Hall–Kier alpha value is -3.56. The Morgan fingerprint density at radius 3 is 2.21 bits per heavy atom. The Kier molecular flexibility index (Phi) is 12.7. The number of rotatable bonds is 15. The summed E-state index contributed by atoms with van der Waals surface area (Å²) >= 11 is 13.1. The SMILES string of the molecule is CCCCCCCCCCCCOC(=O)c1ccc(Cl)c(N(C)C(=O)Nc2ccc(-c3nn4nc(C(C)(C)C)c(Cl)c4[nH]3)c(C)c2)c1. The van der Waals surface area contributed by atoms with Crippen molar-refractivity contribution in [3.05, 3.63) is 63.3 Å². The molecule has 0 aliphatic rings. The summed E-state index contributed by atoms with van der Waals surface area (Å²) in [5.74, 6) is 0.186. The lowest BCUT2D eigenvalue weighted by molar-refractivity contribution is 0.0497. The van der Waals surface area contributed by atoms with Gasteiger partial charge in [0.1, 0.15) is 5.02 Å². The van der Waals surface area contributed by atoms with Crippen LogP contribution in [0.2, 0.25) is 10.0 Å². The molecule has 11 heteroatoms. The van der Waals surface area contributed by atoms with Crippen molar-refractivity contribution in [2.24, 2.45) is 0 Å². The first kappa shape index (κ1) is 36.3. The van der Waals surface area contributed by atoms with Crippen LogP contribution in [0.15, 0.2) is 36.4 Å². The molecule has 0 aliphatic carbocycles. The van der Waals surface area contributed by atoms with Crippen LogP contribution in [0.3, 0.4) is 0 Å². The minimum absolute atomic E-state index is 0.213. The van der Waals surface area contributed by atoms with E-state index in [2.05, 4.69) is 48.2 Å². The van der Waals surface area contributed by atoms with Gasteiger partial charge in [-0.25, -0.2) is 9.59 Å². The molecule has 2 aromatic heterocycles. The average Bonchev–Trinajstić information content (AvgIpc) is 3.58. The molecule has 0 radical (unpaired) electrons. The monoisotopic (exact) mass is 682 g/mol. The number of H-pyrrole nitrogens is 1. The molecule has 2 N–H and O–H groups in total. The van der Waals surface area contributed by atoms with E-state index in [9.17, 15) is 9.59 Å². The van der Waals surface area contributed by atoms with Crippen LogP contribution in [0.25, 0.3) is 17.0 Å². The van der Waals surface area contributed by atoms with Crippen molar-refractivity contribution in [1.29, 1.82) is 0 Å². The lowest BCUT2D eigenvalue weighted by Crippen LogP contribution is -2.31. The molecular weight excluding hydrogens is 635 g/mol. The predicted octanol–water partition coefficient (Wildman–Crippen LogP) is 10.4. The second kappa shape index (κ2) is 16.5. The van der Waals surface area contributed by atoms with Gasteiger partial charge in [-0.15, -0.1) is 9.73 Å². The van der Waals surface area contributed by atoms with E-state index in [1.807, 2.05) is 19.1 Å². The highest BCUT2D eigenvalue weighted by atomic mass is 35.5. The number of hydrogen-bond acceptors (Lipinski definition) is 5. The number of esters is 1. The van der Waals surface area contributed by atoms with Crippen LogP contribution in [-0.4, -0.2) is 45.5 Å². The molecule has 0 aliphatic heterocycles. The summed E-state index contributed by atoms with van der Waals surface area (Å²) in [6, 6.07) is 9.92. The molecule has 47 heavy (non-hydrogen) atoms. The summed E-state index contributed by atoms with van der Waals surface area (Å²) < 4.78 is 7.03. The average molecular weight is 684 g/mol. The van der Waals surface area contributed by atoms with Gasteiger partial charge in [0.25, 0.3) is 0 Å². The minimum atomic E-state index is -0.430. The zero-order chi connectivity index (χ0) is 34.1. The Morgan fingerprint density at radius 1 is 0.936 bits per heavy atom. The smallest absolute Gasteiger partial charge is 0.338 e. The number of carbonyl (C=O) groups excluding carboxylic acids is 2. The molecule has 2 amide bonds. The molecule has 4 aromatic rings. The molecular formula is C36H48Cl2N6O3. The normalized spacial score (nSPS) is 11.7. The molecule has 0 unspecified atom stereocenters. The molecule has 0 bridgehead atoms. The number of ether oxygens (including phenoxy) is 1. The maximum absolute atomic E-state index is 13.2. The largest absolute Gasteiger partial charge is 0.462 e. The van der Waals surface area contributed by atoms with E-state index in [1.54, 1.807) is 31.3 Å². The zero-order valence-corrected chi connectivity index (χ0v) is 30.0. The highest BCUT2D eigenvalue weighted by Crippen LogP contribution is 2.33. The number of anilines is 2. The fourth-order valence-corrected chi connectivity index (χ4v) is 6.14. The maximum atomic E-state index is 13.2. The number of benzene rings is 2. The second-order valence-electron chi connectivity index (χ2n) is 13.2. The number of carbonyl (C=O) groups is 2. The van der Waals surface area contributed by atoms with Crippen LogP contribution in [-0.2, 0) is 10.2 Å². The Balaban J connectivity index is 1.30. The van der Waals surface area contributed by atoms with E-state index in [4.69, 9.17) is 27.9 Å². The lowest BCUT2D eigenvalue weighted by atomic mass is 9.92. The summed E-state index contributed by atoms with van der Waals surface area (Å²) in [4.78, 5) is 30.6. The van der Waals surface area contributed by atoms with Gasteiger partial charge in [-0.3, -0.25) is 4.90 Å². The van der Waals surface area contributed by atoms with E-state index < -0.39 is 12.0 Å². The number of halogens is 2. The van der Waals surface area contributed by atoms with Crippen molar-refractivity contribution in [2.75, 3.05) is 23.9 Å². The summed E-state index contributed by atoms with van der Waals surface area (Å²) in [5, 5.41) is 13.0. The zero-order valence-electron chi connectivity index (χ0n) is 28.5. The maximum Gasteiger partial charge on any atom is 0.338 e. The number of urea groups is 1.